The Morgan fingerprint density at radius 1 is 0.951 bits per heavy atom. The van der Waals surface area contributed by atoms with Crippen molar-refractivity contribution in [3.63, 3.8) is 0 Å². The van der Waals surface area contributed by atoms with Crippen molar-refractivity contribution in [3.8, 4) is 23.0 Å². The molecule has 1 atom stereocenters. The van der Waals surface area contributed by atoms with Gasteiger partial charge in [-0.05, 0) is 48.9 Å². The van der Waals surface area contributed by atoms with Crippen LogP contribution >= 0.6 is 0 Å². The number of anilines is 2. The molecule has 5 rings (SSSR count). The van der Waals surface area contributed by atoms with Gasteiger partial charge in [-0.25, -0.2) is 13.9 Å². The SMILES string of the molecule is COc1ccc(NC(=O)C2=C(C)Nc3ncnn3[C@H]2c2ccc(OC(=O)c3ccccc3F)c(OC)c2)c(OC)c1. The van der Waals surface area contributed by atoms with Crippen molar-refractivity contribution >= 4 is 23.5 Å². The number of carbonyl (C=O) groups is 2. The summed E-state index contributed by atoms with van der Waals surface area (Å²) in [5.74, 6) is -0.305. The zero-order valence-electron chi connectivity index (χ0n) is 22.6. The van der Waals surface area contributed by atoms with Gasteiger partial charge in [0, 0.05) is 11.8 Å². The summed E-state index contributed by atoms with van der Waals surface area (Å²) in [5, 5.41) is 10.4. The molecule has 0 fully saturated rings. The number of hydrogen-bond donors (Lipinski definition) is 2. The van der Waals surface area contributed by atoms with Gasteiger partial charge in [0.25, 0.3) is 5.91 Å². The van der Waals surface area contributed by atoms with E-state index < -0.39 is 23.7 Å². The van der Waals surface area contributed by atoms with E-state index in [1.54, 1.807) is 41.9 Å². The molecule has 12 heteroatoms. The second-order valence-electron chi connectivity index (χ2n) is 8.89. The number of ether oxygens (including phenoxy) is 4. The van der Waals surface area contributed by atoms with Crippen molar-refractivity contribution in [1.29, 1.82) is 0 Å². The number of rotatable bonds is 8. The fraction of sp³-hybridized carbons (Fsp3) is 0.172. The Kier molecular flexibility index (Phi) is 7.55. The van der Waals surface area contributed by atoms with Crippen LogP contribution < -0.4 is 29.6 Å². The Balaban J connectivity index is 1.50. The molecule has 0 saturated heterocycles. The van der Waals surface area contributed by atoms with Crippen molar-refractivity contribution in [2.75, 3.05) is 32.0 Å². The molecule has 1 amide bonds. The van der Waals surface area contributed by atoms with Crippen molar-refractivity contribution < 1.29 is 32.9 Å². The van der Waals surface area contributed by atoms with E-state index in [2.05, 4.69) is 20.7 Å². The largest absolute Gasteiger partial charge is 0.497 e. The molecule has 0 saturated carbocycles. The smallest absolute Gasteiger partial charge is 0.346 e. The van der Waals surface area contributed by atoms with Crippen molar-refractivity contribution in [1.82, 2.24) is 14.8 Å². The molecule has 3 aromatic carbocycles. The Morgan fingerprint density at radius 3 is 2.46 bits per heavy atom. The van der Waals surface area contributed by atoms with Crippen LogP contribution in [-0.4, -0.2) is 48.0 Å². The highest BCUT2D eigenvalue weighted by Crippen LogP contribution is 2.39. The molecule has 0 bridgehead atoms. The van der Waals surface area contributed by atoms with Crippen LogP contribution in [0.3, 0.4) is 0 Å². The maximum Gasteiger partial charge on any atom is 0.346 e. The minimum absolute atomic E-state index is 0.0759. The molecule has 4 aromatic rings. The summed E-state index contributed by atoms with van der Waals surface area (Å²) in [5.41, 5.74) is 1.71. The maximum atomic E-state index is 14.1. The first kappa shape index (κ1) is 27.2. The van der Waals surface area contributed by atoms with Crippen LogP contribution in [0.25, 0.3) is 0 Å². The average Bonchev–Trinajstić information content (AvgIpc) is 3.45. The lowest BCUT2D eigenvalue weighted by Crippen LogP contribution is -2.31. The van der Waals surface area contributed by atoms with Gasteiger partial charge in [-0.15, -0.1) is 0 Å². The van der Waals surface area contributed by atoms with Gasteiger partial charge in [-0.1, -0.05) is 18.2 Å². The molecule has 11 nitrogen and oxygen atoms in total. The molecule has 2 heterocycles. The molecule has 0 radical (unpaired) electrons. The number of benzene rings is 3. The minimum Gasteiger partial charge on any atom is -0.497 e. The molecule has 210 valence electrons. The number of amides is 1. The number of halogens is 1. The molecule has 0 spiro atoms. The summed E-state index contributed by atoms with van der Waals surface area (Å²) in [6, 6.07) is 14.6. The number of nitrogens with one attached hydrogen (secondary N) is 2. The highest BCUT2D eigenvalue weighted by Gasteiger charge is 2.34. The molecular formula is C29H26FN5O6. The van der Waals surface area contributed by atoms with E-state index in [0.29, 0.717) is 40.0 Å². The first-order valence-corrected chi connectivity index (χ1v) is 12.4. The van der Waals surface area contributed by atoms with Crippen LogP contribution in [-0.2, 0) is 4.79 Å². The maximum absolute atomic E-state index is 14.1. The number of esters is 1. The van der Waals surface area contributed by atoms with E-state index in [4.69, 9.17) is 18.9 Å². The van der Waals surface area contributed by atoms with Gasteiger partial charge in [0.2, 0.25) is 5.95 Å². The van der Waals surface area contributed by atoms with Crippen molar-refractivity contribution in [2.24, 2.45) is 0 Å². The molecular weight excluding hydrogens is 533 g/mol. The van der Waals surface area contributed by atoms with Crippen LogP contribution in [0.4, 0.5) is 16.0 Å². The lowest BCUT2D eigenvalue weighted by atomic mass is 9.94. The number of hydrogen-bond acceptors (Lipinski definition) is 9. The zero-order chi connectivity index (χ0) is 29.1. The summed E-state index contributed by atoms with van der Waals surface area (Å²) in [7, 11) is 4.44. The third-order valence-electron chi connectivity index (χ3n) is 6.50. The summed E-state index contributed by atoms with van der Waals surface area (Å²) in [6.07, 6.45) is 1.37. The first-order valence-electron chi connectivity index (χ1n) is 12.4. The topological polar surface area (TPSA) is 126 Å². The number of allylic oxidation sites excluding steroid dienone is 1. The van der Waals surface area contributed by atoms with E-state index in [9.17, 15) is 14.0 Å². The number of nitrogens with zero attached hydrogens (tertiary/aromatic N) is 3. The fourth-order valence-corrected chi connectivity index (χ4v) is 4.50. The van der Waals surface area contributed by atoms with Gasteiger partial charge in [0.05, 0.1) is 38.2 Å². The average molecular weight is 560 g/mol. The van der Waals surface area contributed by atoms with E-state index in [1.165, 1.54) is 58.0 Å². The number of carbonyl (C=O) groups excluding carboxylic acids is 2. The highest BCUT2D eigenvalue weighted by atomic mass is 19.1. The fourth-order valence-electron chi connectivity index (χ4n) is 4.50. The third-order valence-corrected chi connectivity index (χ3v) is 6.50. The lowest BCUT2D eigenvalue weighted by Gasteiger charge is -2.29. The summed E-state index contributed by atoms with van der Waals surface area (Å²) >= 11 is 0. The van der Waals surface area contributed by atoms with Crippen molar-refractivity contribution in [3.05, 3.63) is 95.2 Å². The number of fused-ring (bicyclic) bond motifs is 1. The van der Waals surface area contributed by atoms with Gasteiger partial charge in [-0.3, -0.25) is 4.79 Å². The second-order valence-corrected chi connectivity index (χ2v) is 8.89. The molecule has 2 N–H and O–H groups in total. The highest BCUT2D eigenvalue weighted by molar-refractivity contribution is 6.06. The molecule has 1 aromatic heterocycles. The van der Waals surface area contributed by atoms with Crippen LogP contribution in [0, 0.1) is 5.82 Å². The van der Waals surface area contributed by atoms with Gasteiger partial charge in [-0.2, -0.15) is 10.1 Å². The Labute approximate surface area is 234 Å². The molecule has 0 aliphatic carbocycles. The minimum atomic E-state index is -0.876. The second kappa shape index (κ2) is 11.4. The van der Waals surface area contributed by atoms with Crippen LogP contribution in [0.1, 0.15) is 28.9 Å². The van der Waals surface area contributed by atoms with Gasteiger partial charge in [0.15, 0.2) is 11.5 Å². The third kappa shape index (κ3) is 5.26. The summed E-state index contributed by atoms with van der Waals surface area (Å²) < 4.78 is 37.3. The van der Waals surface area contributed by atoms with E-state index in [1.807, 2.05) is 0 Å². The predicted molar refractivity (Wildman–Crippen MR) is 147 cm³/mol. The van der Waals surface area contributed by atoms with E-state index >= 15 is 0 Å². The summed E-state index contributed by atoms with van der Waals surface area (Å²) in [6.45, 7) is 1.76. The normalized spacial score (nSPS) is 14.0. The molecule has 0 unspecified atom stereocenters. The quantitative estimate of drug-likeness (QED) is 0.235. The van der Waals surface area contributed by atoms with Crippen molar-refractivity contribution in [2.45, 2.75) is 13.0 Å². The van der Waals surface area contributed by atoms with Gasteiger partial charge in [0.1, 0.15) is 29.7 Å². The molecule has 41 heavy (non-hydrogen) atoms. The summed E-state index contributed by atoms with van der Waals surface area (Å²) in [4.78, 5) is 30.7. The first-order chi connectivity index (χ1) is 19.8. The van der Waals surface area contributed by atoms with Crippen LogP contribution in [0.2, 0.25) is 0 Å². The van der Waals surface area contributed by atoms with Crippen LogP contribution in [0.15, 0.2) is 78.3 Å². The Bertz CT molecular complexity index is 1670. The lowest BCUT2D eigenvalue weighted by molar-refractivity contribution is -0.113. The van der Waals surface area contributed by atoms with Crippen LogP contribution in [0.5, 0.6) is 23.0 Å². The Hall–Kier alpha value is -5.39. The predicted octanol–water partition coefficient (Wildman–Crippen LogP) is 4.59. The zero-order valence-corrected chi connectivity index (χ0v) is 22.6. The van der Waals surface area contributed by atoms with Gasteiger partial charge < -0.3 is 29.6 Å². The Morgan fingerprint density at radius 2 is 1.73 bits per heavy atom. The standard InChI is InChI=1S/C29H26FN5O6/c1-16-25(27(36)34-21-11-10-18(38-2)14-23(21)39-3)26(35-29(33-16)31-15-32-35)17-9-12-22(24(13-17)40-4)41-28(37)19-7-5-6-8-20(19)30/h5-15,26H,1-4H3,(H,34,36)(H,31,32,33)/t26-/m0/s1. The number of aromatic nitrogens is 3. The molecule has 1 aliphatic rings. The molecule has 1 aliphatic heterocycles. The monoisotopic (exact) mass is 559 g/mol. The van der Waals surface area contributed by atoms with E-state index in [-0.39, 0.29) is 17.1 Å². The van der Waals surface area contributed by atoms with Gasteiger partial charge >= 0.3 is 5.97 Å². The number of methoxy groups -OCH3 is 3. The van der Waals surface area contributed by atoms with E-state index in [0.717, 1.165) is 0 Å².